The summed E-state index contributed by atoms with van der Waals surface area (Å²) in [7, 11) is 0. The van der Waals surface area contributed by atoms with Gasteiger partial charge < -0.3 is 10.6 Å². The molecule has 0 spiro atoms. The molecule has 0 bridgehead atoms. The van der Waals surface area contributed by atoms with Crippen LogP contribution in [0.4, 0.5) is 0 Å². The normalized spacial score (nSPS) is 25.2. The van der Waals surface area contributed by atoms with Crippen LogP contribution in [0.15, 0.2) is 0 Å². The predicted molar refractivity (Wildman–Crippen MR) is 70.7 cm³/mol. The largest absolute Gasteiger partial charge is 0.342 e. The molecule has 1 rings (SSSR count). The second-order valence-electron chi connectivity index (χ2n) is 5.22. The molecule has 100 valence electrons. The smallest absolute Gasteiger partial charge is 0.236 e. The molecule has 2 atom stereocenters. The molecule has 1 amide bonds. The number of hydrogen-bond donors (Lipinski definition) is 1. The number of carbonyl (C=O) groups excluding carboxylic acids is 1. The van der Waals surface area contributed by atoms with Crippen molar-refractivity contribution in [3.05, 3.63) is 0 Å². The fourth-order valence-corrected chi connectivity index (χ4v) is 2.42. The van der Waals surface area contributed by atoms with Crippen molar-refractivity contribution in [2.75, 3.05) is 32.7 Å². The predicted octanol–water partition coefficient (Wildman–Crippen LogP) is 0.914. The van der Waals surface area contributed by atoms with Gasteiger partial charge in [0.2, 0.25) is 5.91 Å². The lowest BCUT2D eigenvalue weighted by Crippen LogP contribution is -2.41. The molecule has 1 aliphatic rings. The van der Waals surface area contributed by atoms with E-state index in [1.165, 1.54) is 0 Å². The van der Waals surface area contributed by atoms with E-state index in [2.05, 4.69) is 25.7 Å². The van der Waals surface area contributed by atoms with Crippen molar-refractivity contribution < 1.29 is 4.79 Å². The highest BCUT2D eigenvalue weighted by Crippen LogP contribution is 2.14. The lowest BCUT2D eigenvalue weighted by Gasteiger charge is -2.24. The van der Waals surface area contributed by atoms with Gasteiger partial charge in [0, 0.05) is 32.2 Å². The number of nitrogens with zero attached hydrogens (tertiary/aromatic N) is 2. The van der Waals surface area contributed by atoms with Crippen molar-refractivity contribution in [2.45, 2.75) is 39.7 Å². The number of carbonyl (C=O) groups is 1. The van der Waals surface area contributed by atoms with Gasteiger partial charge in [0.05, 0.1) is 6.54 Å². The van der Waals surface area contributed by atoms with Crippen LogP contribution in [0.25, 0.3) is 0 Å². The topological polar surface area (TPSA) is 49.6 Å². The minimum Gasteiger partial charge on any atom is -0.342 e. The highest BCUT2D eigenvalue weighted by molar-refractivity contribution is 5.78. The summed E-state index contributed by atoms with van der Waals surface area (Å²) in [5.74, 6) is 0.767. The third kappa shape index (κ3) is 4.28. The Morgan fingerprint density at radius 1 is 1.29 bits per heavy atom. The first-order valence-electron chi connectivity index (χ1n) is 6.84. The second-order valence-corrected chi connectivity index (χ2v) is 5.22. The summed E-state index contributed by atoms with van der Waals surface area (Å²) in [4.78, 5) is 16.3. The average Bonchev–Trinajstić information content (AvgIpc) is 2.57. The van der Waals surface area contributed by atoms with Crippen LogP contribution in [0.1, 0.15) is 33.6 Å². The van der Waals surface area contributed by atoms with Crippen molar-refractivity contribution in [2.24, 2.45) is 11.7 Å². The van der Waals surface area contributed by atoms with Gasteiger partial charge in [0.15, 0.2) is 0 Å². The summed E-state index contributed by atoms with van der Waals surface area (Å²) in [5, 5.41) is 0. The molecule has 0 aromatic carbocycles. The molecule has 0 saturated carbocycles. The molecule has 1 aliphatic heterocycles. The van der Waals surface area contributed by atoms with Gasteiger partial charge in [-0.3, -0.25) is 9.69 Å². The Morgan fingerprint density at radius 3 is 2.29 bits per heavy atom. The Bertz CT molecular complexity index is 229. The summed E-state index contributed by atoms with van der Waals surface area (Å²) in [6.45, 7) is 10.5. The van der Waals surface area contributed by atoms with Crippen molar-refractivity contribution in [3.63, 3.8) is 0 Å². The molecular formula is C13H27N3O. The van der Waals surface area contributed by atoms with Gasteiger partial charge in [-0.25, -0.2) is 0 Å². The maximum Gasteiger partial charge on any atom is 0.236 e. The fourth-order valence-electron chi connectivity index (χ4n) is 2.42. The number of rotatable bonds is 6. The number of amides is 1. The molecule has 0 aromatic heterocycles. The molecule has 1 heterocycles. The molecular weight excluding hydrogens is 214 g/mol. The highest BCUT2D eigenvalue weighted by atomic mass is 16.2. The SMILES string of the molecule is CCCN(CCC)C(=O)CN1CC(C)C(N)C1. The van der Waals surface area contributed by atoms with E-state index >= 15 is 0 Å². The Balaban J connectivity index is 2.41. The van der Waals surface area contributed by atoms with Crippen LogP contribution in [0.2, 0.25) is 0 Å². The third-order valence-electron chi connectivity index (χ3n) is 3.44. The average molecular weight is 241 g/mol. The summed E-state index contributed by atoms with van der Waals surface area (Å²) in [6, 6.07) is 0.230. The van der Waals surface area contributed by atoms with E-state index in [4.69, 9.17) is 5.73 Å². The summed E-state index contributed by atoms with van der Waals surface area (Å²) in [5.41, 5.74) is 5.97. The Kier molecular flexibility index (Phi) is 5.92. The lowest BCUT2D eigenvalue weighted by atomic mass is 10.1. The molecule has 2 unspecified atom stereocenters. The molecule has 4 nitrogen and oxygen atoms in total. The van der Waals surface area contributed by atoms with Gasteiger partial charge in [-0.1, -0.05) is 20.8 Å². The first-order chi connectivity index (χ1) is 8.08. The Labute approximate surface area is 105 Å². The molecule has 0 radical (unpaired) electrons. The minimum absolute atomic E-state index is 0.230. The molecule has 1 saturated heterocycles. The quantitative estimate of drug-likeness (QED) is 0.752. The number of hydrogen-bond acceptors (Lipinski definition) is 3. The molecule has 4 heteroatoms. The summed E-state index contributed by atoms with van der Waals surface area (Å²) in [6.07, 6.45) is 2.06. The van der Waals surface area contributed by atoms with Crippen molar-refractivity contribution in [3.8, 4) is 0 Å². The number of likely N-dealkylation sites (tertiary alicyclic amines) is 1. The maximum absolute atomic E-state index is 12.1. The molecule has 0 aromatic rings. The zero-order valence-electron chi connectivity index (χ0n) is 11.5. The zero-order chi connectivity index (χ0) is 12.8. The van der Waals surface area contributed by atoms with Crippen molar-refractivity contribution in [1.29, 1.82) is 0 Å². The minimum atomic E-state index is 0.230. The van der Waals surface area contributed by atoms with E-state index in [0.717, 1.165) is 39.0 Å². The van der Waals surface area contributed by atoms with Crippen LogP contribution >= 0.6 is 0 Å². The first-order valence-corrected chi connectivity index (χ1v) is 6.84. The van der Waals surface area contributed by atoms with Gasteiger partial charge in [-0.15, -0.1) is 0 Å². The zero-order valence-corrected chi connectivity index (χ0v) is 11.5. The van der Waals surface area contributed by atoms with Crippen molar-refractivity contribution in [1.82, 2.24) is 9.80 Å². The number of nitrogens with two attached hydrogens (primary N) is 1. The maximum atomic E-state index is 12.1. The van der Waals surface area contributed by atoms with Crippen LogP contribution in [0.3, 0.4) is 0 Å². The molecule has 2 N–H and O–H groups in total. The fraction of sp³-hybridized carbons (Fsp3) is 0.923. The van der Waals surface area contributed by atoms with E-state index in [0.29, 0.717) is 12.5 Å². The van der Waals surface area contributed by atoms with Gasteiger partial charge in [-0.2, -0.15) is 0 Å². The first kappa shape index (κ1) is 14.5. The monoisotopic (exact) mass is 241 g/mol. The van der Waals surface area contributed by atoms with Gasteiger partial charge >= 0.3 is 0 Å². The molecule has 17 heavy (non-hydrogen) atoms. The lowest BCUT2D eigenvalue weighted by molar-refractivity contribution is -0.132. The van der Waals surface area contributed by atoms with Crippen LogP contribution in [0, 0.1) is 5.92 Å². The van der Waals surface area contributed by atoms with E-state index in [-0.39, 0.29) is 11.9 Å². The van der Waals surface area contributed by atoms with Crippen molar-refractivity contribution >= 4 is 5.91 Å². The van der Waals surface area contributed by atoms with E-state index < -0.39 is 0 Å². The summed E-state index contributed by atoms with van der Waals surface area (Å²) < 4.78 is 0. The van der Waals surface area contributed by atoms with Gasteiger partial charge in [0.25, 0.3) is 0 Å². The summed E-state index contributed by atoms with van der Waals surface area (Å²) >= 11 is 0. The third-order valence-corrected chi connectivity index (χ3v) is 3.44. The van der Waals surface area contributed by atoms with Crippen LogP contribution in [-0.4, -0.2) is 54.5 Å². The van der Waals surface area contributed by atoms with Crippen LogP contribution in [0.5, 0.6) is 0 Å². The van der Waals surface area contributed by atoms with Gasteiger partial charge in [0.1, 0.15) is 0 Å². The van der Waals surface area contributed by atoms with Gasteiger partial charge in [-0.05, 0) is 18.8 Å². The Morgan fingerprint density at radius 2 is 1.88 bits per heavy atom. The second kappa shape index (κ2) is 6.97. The van der Waals surface area contributed by atoms with Crippen LogP contribution < -0.4 is 5.73 Å². The standard InChI is InChI=1S/C13H27N3O/c1-4-6-16(7-5-2)13(17)10-15-8-11(3)12(14)9-15/h11-12H,4-10,14H2,1-3H3. The highest BCUT2D eigenvalue weighted by Gasteiger charge is 2.28. The van der Waals surface area contributed by atoms with E-state index in [1.54, 1.807) is 0 Å². The van der Waals surface area contributed by atoms with E-state index in [1.807, 2.05) is 4.90 Å². The van der Waals surface area contributed by atoms with E-state index in [9.17, 15) is 4.79 Å². The van der Waals surface area contributed by atoms with Crippen LogP contribution in [-0.2, 0) is 4.79 Å². The molecule has 0 aliphatic carbocycles. The molecule has 1 fully saturated rings. The Hall–Kier alpha value is -0.610.